The minimum Gasteiger partial charge on any atom is -0.504 e. The molecule has 0 aromatic heterocycles. The second kappa shape index (κ2) is 6.13. The molecule has 0 spiro atoms. The van der Waals surface area contributed by atoms with Gasteiger partial charge in [0.2, 0.25) is 0 Å². The fourth-order valence-corrected chi connectivity index (χ4v) is 1.70. The molecule has 0 atom stereocenters. The van der Waals surface area contributed by atoms with Crippen LogP contribution in [0.1, 0.15) is 37.8 Å². The van der Waals surface area contributed by atoms with Gasteiger partial charge in [0, 0.05) is 0 Å². The average Bonchev–Trinajstić information content (AvgIpc) is 2.30. The molecule has 0 bridgehead atoms. The number of carboxylic acid groups (broad SMARTS) is 1. The highest BCUT2D eigenvalue weighted by molar-refractivity contribution is 5.65. The summed E-state index contributed by atoms with van der Waals surface area (Å²) in [5.41, 5.74) is 1.44. The predicted molar refractivity (Wildman–Crippen MR) is 64.7 cm³/mol. The molecule has 0 saturated heterocycles. The molecule has 0 saturated carbocycles. The number of benzene rings is 1. The van der Waals surface area contributed by atoms with Gasteiger partial charge < -0.3 is 14.9 Å². The first kappa shape index (κ1) is 13.4. The SMILES string of the molecule is CCCCc1ccc(CC)c(OC(=O)O)c1O. The van der Waals surface area contributed by atoms with Crippen molar-refractivity contribution >= 4 is 6.16 Å². The topological polar surface area (TPSA) is 66.8 Å². The van der Waals surface area contributed by atoms with E-state index in [1.54, 1.807) is 0 Å². The van der Waals surface area contributed by atoms with Gasteiger partial charge in [-0.3, -0.25) is 0 Å². The number of ether oxygens (including phenoxy) is 1. The lowest BCUT2D eigenvalue weighted by Gasteiger charge is -2.12. The maximum atomic E-state index is 10.6. The van der Waals surface area contributed by atoms with E-state index < -0.39 is 6.16 Å². The number of hydrogen-bond donors (Lipinski definition) is 2. The number of aryl methyl sites for hydroxylation is 2. The number of phenols is 1. The summed E-state index contributed by atoms with van der Waals surface area (Å²) in [6, 6.07) is 3.64. The molecule has 1 rings (SSSR count). The van der Waals surface area contributed by atoms with Crippen LogP contribution in [0.3, 0.4) is 0 Å². The molecule has 4 heteroatoms. The Morgan fingerprint density at radius 3 is 2.47 bits per heavy atom. The van der Waals surface area contributed by atoms with Crippen molar-refractivity contribution in [3.8, 4) is 11.5 Å². The highest BCUT2D eigenvalue weighted by atomic mass is 16.7. The van der Waals surface area contributed by atoms with Gasteiger partial charge in [0.25, 0.3) is 0 Å². The molecule has 0 fully saturated rings. The van der Waals surface area contributed by atoms with Crippen molar-refractivity contribution in [1.82, 2.24) is 0 Å². The molecular weight excluding hydrogens is 220 g/mol. The first-order valence-corrected chi connectivity index (χ1v) is 5.84. The third kappa shape index (κ3) is 3.37. The van der Waals surface area contributed by atoms with Crippen molar-refractivity contribution < 1.29 is 19.7 Å². The summed E-state index contributed by atoms with van der Waals surface area (Å²) in [7, 11) is 0. The van der Waals surface area contributed by atoms with Crippen LogP contribution in [0.5, 0.6) is 11.5 Å². The van der Waals surface area contributed by atoms with Gasteiger partial charge in [0.05, 0.1) is 0 Å². The Balaban J connectivity index is 3.08. The summed E-state index contributed by atoms with van der Waals surface area (Å²) in [5, 5.41) is 18.6. The van der Waals surface area contributed by atoms with Crippen molar-refractivity contribution in [2.75, 3.05) is 0 Å². The predicted octanol–water partition coefficient (Wildman–Crippen LogP) is 3.35. The van der Waals surface area contributed by atoms with Crippen LogP contribution in [-0.2, 0) is 12.8 Å². The van der Waals surface area contributed by atoms with Crippen molar-refractivity contribution in [3.05, 3.63) is 23.3 Å². The van der Waals surface area contributed by atoms with Gasteiger partial charge in [0.15, 0.2) is 11.5 Å². The van der Waals surface area contributed by atoms with Crippen molar-refractivity contribution in [2.45, 2.75) is 39.5 Å². The lowest BCUT2D eigenvalue weighted by Crippen LogP contribution is -2.06. The maximum Gasteiger partial charge on any atom is 0.511 e. The molecule has 2 N–H and O–H groups in total. The number of unbranched alkanes of at least 4 members (excludes halogenated alkanes) is 1. The largest absolute Gasteiger partial charge is 0.511 e. The van der Waals surface area contributed by atoms with Gasteiger partial charge in [-0.1, -0.05) is 32.4 Å². The van der Waals surface area contributed by atoms with Crippen molar-refractivity contribution in [2.24, 2.45) is 0 Å². The van der Waals surface area contributed by atoms with E-state index in [0.29, 0.717) is 12.0 Å². The maximum absolute atomic E-state index is 10.6. The van der Waals surface area contributed by atoms with Crippen LogP contribution in [0.4, 0.5) is 4.79 Å². The molecule has 94 valence electrons. The van der Waals surface area contributed by atoms with E-state index in [1.807, 2.05) is 19.1 Å². The van der Waals surface area contributed by atoms with Gasteiger partial charge in [-0.25, -0.2) is 4.79 Å². The first-order valence-electron chi connectivity index (χ1n) is 5.84. The summed E-state index contributed by atoms with van der Waals surface area (Å²) in [5.74, 6) is 0.0359. The smallest absolute Gasteiger partial charge is 0.504 e. The third-order valence-corrected chi connectivity index (χ3v) is 2.67. The van der Waals surface area contributed by atoms with Crippen LogP contribution in [0.25, 0.3) is 0 Å². The standard InChI is InChI=1S/C13H18O4/c1-3-5-6-10-8-7-9(4-2)12(11(10)14)17-13(15)16/h7-8,14H,3-6H2,1-2H3,(H,15,16). The average molecular weight is 238 g/mol. The molecule has 0 aliphatic heterocycles. The van der Waals surface area contributed by atoms with Crippen molar-refractivity contribution in [3.63, 3.8) is 0 Å². The van der Waals surface area contributed by atoms with Crippen LogP contribution in [0, 0.1) is 0 Å². The lowest BCUT2D eigenvalue weighted by molar-refractivity contribution is 0.142. The van der Waals surface area contributed by atoms with Crippen LogP contribution < -0.4 is 4.74 Å². The minimum atomic E-state index is -1.40. The van der Waals surface area contributed by atoms with E-state index in [-0.39, 0.29) is 11.5 Å². The zero-order valence-electron chi connectivity index (χ0n) is 10.2. The highest BCUT2D eigenvalue weighted by Crippen LogP contribution is 2.35. The molecule has 4 nitrogen and oxygen atoms in total. The van der Waals surface area contributed by atoms with E-state index in [4.69, 9.17) is 5.11 Å². The van der Waals surface area contributed by atoms with Crippen LogP contribution in [-0.4, -0.2) is 16.4 Å². The number of carbonyl (C=O) groups is 1. The molecule has 1 aromatic carbocycles. The van der Waals surface area contributed by atoms with Gasteiger partial charge in [-0.2, -0.15) is 0 Å². The quantitative estimate of drug-likeness (QED) is 0.609. The first-order chi connectivity index (χ1) is 8.10. The van der Waals surface area contributed by atoms with E-state index in [1.165, 1.54) is 0 Å². The number of hydrogen-bond acceptors (Lipinski definition) is 3. The summed E-state index contributed by atoms with van der Waals surface area (Å²) < 4.78 is 4.65. The summed E-state index contributed by atoms with van der Waals surface area (Å²) in [6.45, 7) is 3.95. The normalized spacial score (nSPS) is 10.2. The Kier molecular flexibility index (Phi) is 4.82. The molecule has 0 radical (unpaired) electrons. The third-order valence-electron chi connectivity index (χ3n) is 2.67. The number of phenolic OH excluding ortho intramolecular Hbond substituents is 1. The van der Waals surface area contributed by atoms with E-state index in [2.05, 4.69) is 11.7 Å². The molecule has 0 amide bonds. The number of rotatable bonds is 5. The Labute approximate surface area is 101 Å². The minimum absolute atomic E-state index is 0.0415. The zero-order valence-corrected chi connectivity index (χ0v) is 10.2. The van der Waals surface area contributed by atoms with Gasteiger partial charge in [-0.15, -0.1) is 0 Å². The molecular formula is C13H18O4. The van der Waals surface area contributed by atoms with Gasteiger partial charge in [-0.05, 0) is 30.4 Å². The lowest BCUT2D eigenvalue weighted by atomic mass is 10.0. The fraction of sp³-hybridized carbons (Fsp3) is 0.462. The molecule has 0 aliphatic carbocycles. The molecule has 1 aromatic rings. The van der Waals surface area contributed by atoms with E-state index in [9.17, 15) is 9.90 Å². The molecule has 0 aliphatic rings. The Morgan fingerprint density at radius 1 is 1.29 bits per heavy atom. The zero-order chi connectivity index (χ0) is 12.8. The fourth-order valence-electron chi connectivity index (χ4n) is 1.70. The molecule has 0 unspecified atom stereocenters. The highest BCUT2D eigenvalue weighted by Gasteiger charge is 2.15. The monoisotopic (exact) mass is 238 g/mol. The Hall–Kier alpha value is -1.71. The van der Waals surface area contributed by atoms with Crippen LogP contribution in [0.2, 0.25) is 0 Å². The Morgan fingerprint density at radius 2 is 1.94 bits per heavy atom. The van der Waals surface area contributed by atoms with Crippen LogP contribution in [0.15, 0.2) is 12.1 Å². The second-order valence-electron chi connectivity index (χ2n) is 3.89. The van der Waals surface area contributed by atoms with E-state index in [0.717, 1.165) is 24.8 Å². The van der Waals surface area contributed by atoms with Gasteiger partial charge in [0.1, 0.15) is 0 Å². The summed E-state index contributed by atoms with van der Waals surface area (Å²) >= 11 is 0. The molecule has 0 heterocycles. The van der Waals surface area contributed by atoms with Crippen molar-refractivity contribution in [1.29, 1.82) is 0 Å². The van der Waals surface area contributed by atoms with Gasteiger partial charge >= 0.3 is 6.16 Å². The van der Waals surface area contributed by atoms with Crippen LogP contribution >= 0.6 is 0 Å². The number of aromatic hydroxyl groups is 1. The second-order valence-corrected chi connectivity index (χ2v) is 3.89. The van der Waals surface area contributed by atoms with E-state index >= 15 is 0 Å². The summed E-state index contributed by atoms with van der Waals surface area (Å²) in [6.07, 6.45) is 1.91. The Bertz CT molecular complexity index is 399. The summed E-state index contributed by atoms with van der Waals surface area (Å²) in [4.78, 5) is 10.6. The molecule has 17 heavy (non-hydrogen) atoms.